The fourth-order valence-electron chi connectivity index (χ4n) is 4.77. The SMILES string of the molecule is CC(CCN(C)C1CCC(c2ccc3c(c2)OC(C=O)N3)CC1)c1ccccc1. The highest BCUT2D eigenvalue weighted by molar-refractivity contribution is 5.71. The van der Waals surface area contributed by atoms with Crippen LogP contribution in [0.3, 0.4) is 0 Å². The second-order valence-electron chi connectivity index (χ2n) is 8.66. The molecule has 0 aromatic heterocycles. The Balaban J connectivity index is 1.27. The lowest BCUT2D eigenvalue weighted by Gasteiger charge is -2.35. The highest BCUT2D eigenvalue weighted by Gasteiger charge is 2.27. The minimum Gasteiger partial charge on any atom is -0.461 e. The summed E-state index contributed by atoms with van der Waals surface area (Å²) in [5.74, 6) is 2.01. The lowest BCUT2D eigenvalue weighted by molar-refractivity contribution is -0.112. The van der Waals surface area contributed by atoms with E-state index in [2.05, 4.69) is 72.7 Å². The maximum Gasteiger partial charge on any atom is 0.226 e. The van der Waals surface area contributed by atoms with Gasteiger partial charge in [0.1, 0.15) is 5.75 Å². The third kappa shape index (κ3) is 4.64. The number of anilines is 1. The van der Waals surface area contributed by atoms with E-state index in [0.29, 0.717) is 17.9 Å². The minimum absolute atomic E-state index is 0.539. The van der Waals surface area contributed by atoms with Crippen LogP contribution in [0.25, 0.3) is 0 Å². The van der Waals surface area contributed by atoms with Gasteiger partial charge in [-0.1, -0.05) is 43.3 Å². The Labute approximate surface area is 174 Å². The van der Waals surface area contributed by atoms with Gasteiger partial charge in [-0.2, -0.15) is 0 Å². The summed E-state index contributed by atoms with van der Waals surface area (Å²) in [6.45, 7) is 3.48. The Morgan fingerprint density at radius 2 is 1.90 bits per heavy atom. The molecule has 4 rings (SSSR count). The lowest BCUT2D eigenvalue weighted by atomic mass is 9.81. The average molecular weight is 393 g/mol. The second kappa shape index (κ2) is 9.00. The summed E-state index contributed by atoms with van der Waals surface area (Å²) in [7, 11) is 2.29. The van der Waals surface area contributed by atoms with Crippen molar-refractivity contribution in [2.24, 2.45) is 0 Å². The van der Waals surface area contributed by atoms with E-state index in [1.165, 1.54) is 43.2 Å². The fourth-order valence-corrected chi connectivity index (χ4v) is 4.77. The molecule has 1 saturated carbocycles. The topological polar surface area (TPSA) is 41.6 Å². The van der Waals surface area contributed by atoms with Gasteiger partial charge in [0.15, 0.2) is 6.29 Å². The molecule has 2 atom stereocenters. The van der Waals surface area contributed by atoms with E-state index in [4.69, 9.17) is 4.74 Å². The Morgan fingerprint density at radius 3 is 2.62 bits per heavy atom. The van der Waals surface area contributed by atoms with E-state index in [0.717, 1.165) is 24.3 Å². The molecule has 2 aliphatic rings. The highest BCUT2D eigenvalue weighted by Crippen LogP contribution is 2.39. The smallest absolute Gasteiger partial charge is 0.226 e. The third-order valence-corrected chi connectivity index (χ3v) is 6.76. The van der Waals surface area contributed by atoms with E-state index in [-0.39, 0.29) is 0 Å². The van der Waals surface area contributed by atoms with Crippen LogP contribution in [0.15, 0.2) is 48.5 Å². The molecule has 0 saturated heterocycles. The first-order valence-corrected chi connectivity index (χ1v) is 10.9. The molecule has 1 aliphatic heterocycles. The molecule has 154 valence electrons. The van der Waals surface area contributed by atoms with Crippen LogP contribution in [0.2, 0.25) is 0 Å². The Morgan fingerprint density at radius 1 is 1.14 bits per heavy atom. The molecule has 4 heteroatoms. The molecule has 2 aromatic rings. The number of rotatable bonds is 7. The molecule has 1 N–H and O–H groups in total. The summed E-state index contributed by atoms with van der Waals surface area (Å²) < 4.78 is 5.65. The highest BCUT2D eigenvalue weighted by atomic mass is 16.5. The first-order valence-electron chi connectivity index (χ1n) is 10.9. The Kier molecular flexibility index (Phi) is 6.19. The summed E-state index contributed by atoms with van der Waals surface area (Å²) in [6.07, 6.45) is 6.39. The number of carbonyl (C=O) groups is 1. The van der Waals surface area contributed by atoms with Gasteiger partial charge >= 0.3 is 0 Å². The van der Waals surface area contributed by atoms with Crippen LogP contribution in [0.4, 0.5) is 5.69 Å². The van der Waals surface area contributed by atoms with E-state index < -0.39 is 6.23 Å². The van der Waals surface area contributed by atoms with Gasteiger partial charge in [0.25, 0.3) is 0 Å². The molecule has 2 unspecified atom stereocenters. The predicted octanol–water partition coefficient (Wildman–Crippen LogP) is 5.17. The van der Waals surface area contributed by atoms with Crippen LogP contribution >= 0.6 is 0 Å². The molecule has 1 aliphatic carbocycles. The molecular formula is C25H32N2O2. The quantitative estimate of drug-likeness (QED) is 0.660. The average Bonchev–Trinajstić information content (AvgIpc) is 3.20. The molecule has 1 heterocycles. The molecule has 0 amide bonds. The maximum absolute atomic E-state index is 10.9. The Bertz CT molecular complexity index is 815. The van der Waals surface area contributed by atoms with Crippen molar-refractivity contribution in [2.75, 3.05) is 18.9 Å². The van der Waals surface area contributed by atoms with E-state index >= 15 is 0 Å². The van der Waals surface area contributed by atoms with E-state index in [9.17, 15) is 4.79 Å². The molecular weight excluding hydrogens is 360 g/mol. The van der Waals surface area contributed by atoms with Crippen molar-refractivity contribution in [1.29, 1.82) is 0 Å². The van der Waals surface area contributed by atoms with Crippen LogP contribution in [-0.4, -0.2) is 37.0 Å². The summed E-state index contributed by atoms with van der Waals surface area (Å²) in [5, 5.41) is 3.07. The molecule has 0 radical (unpaired) electrons. The van der Waals surface area contributed by atoms with Gasteiger partial charge in [-0.15, -0.1) is 0 Å². The van der Waals surface area contributed by atoms with Crippen LogP contribution in [0.1, 0.15) is 62.0 Å². The standard InChI is InChI=1S/C25H32N2O2/c1-18(19-6-4-3-5-7-19)14-15-27(2)22-11-8-20(9-12-22)21-10-13-23-24(16-21)29-25(17-28)26-23/h3-7,10,13,16-18,20,22,25-26H,8-9,11-12,14-15H2,1-2H3. The zero-order valence-corrected chi connectivity index (χ0v) is 17.5. The van der Waals surface area contributed by atoms with E-state index in [1.807, 2.05) is 0 Å². The van der Waals surface area contributed by atoms with Gasteiger partial charge < -0.3 is 15.0 Å². The normalized spacial score (nSPS) is 24.4. The number of carbonyl (C=O) groups excluding carboxylic acids is 1. The van der Waals surface area contributed by atoms with Crippen LogP contribution in [0.5, 0.6) is 5.75 Å². The summed E-state index contributed by atoms with van der Waals surface area (Å²) in [4.78, 5) is 13.5. The van der Waals surface area contributed by atoms with Crippen molar-refractivity contribution in [3.05, 3.63) is 59.7 Å². The van der Waals surface area contributed by atoms with Crippen LogP contribution in [-0.2, 0) is 4.79 Å². The number of aldehydes is 1. The summed E-state index contributed by atoms with van der Waals surface area (Å²) in [5.41, 5.74) is 3.71. The number of hydrogen-bond acceptors (Lipinski definition) is 4. The second-order valence-corrected chi connectivity index (χ2v) is 8.66. The molecule has 0 bridgehead atoms. The Hall–Kier alpha value is -2.33. The molecule has 0 spiro atoms. The van der Waals surface area contributed by atoms with Gasteiger partial charge in [0, 0.05) is 6.04 Å². The number of benzene rings is 2. The molecule has 29 heavy (non-hydrogen) atoms. The van der Waals surface area contributed by atoms with Crippen molar-refractivity contribution in [2.45, 2.75) is 63.1 Å². The van der Waals surface area contributed by atoms with Crippen molar-refractivity contribution in [3.63, 3.8) is 0 Å². The van der Waals surface area contributed by atoms with Gasteiger partial charge in [-0.25, -0.2) is 0 Å². The minimum atomic E-state index is -0.539. The first-order chi connectivity index (χ1) is 14.1. The van der Waals surface area contributed by atoms with Crippen molar-refractivity contribution in [1.82, 2.24) is 4.90 Å². The van der Waals surface area contributed by atoms with Gasteiger partial charge in [0.05, 0.1) is 5.69 Å². The number of fused-ring (bicyclic) bond motifs is 1. The zero-order chi connectivity index (χ0) is 20.2. The van der Waals surface area contributed by atoms with Crippen molar-refractivity contribution < 1.29 is 9.53 Å². The monoisotopic (exact) mass is 392 g/mol. The van der Waals surface area contributed by atoms with Crippen molar-refractivity contribution >= 4 is 12.0 Å². The molecule has 2 aromatic carbocycles. The van der Waals surface area contributed by atoms with Crippen LogP contribution in [0, 0.1) is 0 Å². The largest absolute Gasteiger partial charge is 0.461 e. The summed E-state index contributed by atoms with van der Waals surface area (Å²) >= 11 is 0. The molecule has 4 nitrogen and oxygen atoms in total. The fraction of sp³-hybridized carbons (Fsp3) is 0.480. The maximum atomic E-state index is 10.9. The van der Waals surface area contributed by atoms with Gasteiger partial charge in [-0.05, 0) is 80.8 Å². The number of hydrogen-bond donors (Lipinski definition) is 1. The van der Waals surface area contributed by atoms with Gasteiger partial charge in [0.2, 0.25) is 6.23 Å². The first kappa shape index (κ1) is 20.0. The predicted molar refractivity (Wildman–Crippen MR) is 118 cm³/mol. The lowest BCUT2D eigenvalue weighted by Crippen LogP contribution is -2.35. The zero-order valence-electron chi connectivity index (χ0n) is 17.5. The van der Waals surface area contributed by atoms with Crippen LogP contribution < -0.4 is 10.1 Å². The van der Waals surface area contributed by atoms with Gasteiger partial charge in [-0.3, -0.25) is 4.79 Å². The van der Waals surface area contributed by atoms with E-state index in [1.54, 1.807) is 0 Å². The number of nitrogens with zero attached hydrogens (tertiary/aromatic N) is 1. The molecule has 1 fully saturated rings. The summed E-state index contributed by atoms with van der Waals surface area (Å²) in [6, 6.07) is 17.9. The third-order valence-electron chi connectivity index (χ3n) is 6.76. The number of nitrogens with one attached hydrogen (secondary N) is 1. The van der Waals surface area contributed by atoms with Crippen molar-refractivity contribution in [3.8, 4) is 5.75 Å². The number of ether oxygens (including phenoxy) is 1.